The van der Waals surface area contributed by atoms with Crippen LogP contribution in [0.15, 0.2) is 23.0 Å². The van der Waals surface area contributed by atoms with Crippen molar-refractivity contribution in [2.75, 3.05) is 12.4 Å². The number of ketones is 2. The monoisotopic (exact) mass is 446 g/mol. The number of aromatic hydroxyl groups is 1. The Balaban J connectivity index is 0.00000289. The van der Waals surface area contributed by atoms with Gasteiger partial charge in [-0.3, -0.25) is 14.4 Å². The first-order valence-corrected chi connectivity index (χ1v) is 9.71. The molecule has 0 saturated heterocycles. The van der Waals surface area contributed by atoms with Gasteiger partial charge < -0.3 is 36.6 Å². The molecule has 1 aromatic carbocycles. The molecule has 1 aromatic rings. The summed E-state index contributed by atoms with van der Waals surface area (Å²) in [5, 5.41) is 55.7. The highest BCUT2D eigenvalue weighted by Crippen LogP contribution is 2.53. The number of hydrogen-bond acceptors (Lipinski definition) is 9. The molecule has 172 valence electrons. The standard InChI is InChI=1S/C21H22N2O8.CH4/c1-23-11-4-8(6-24)16(26)14-10(11)3-7-2-9-5-12(25)15(20(22)30)19(29)21(9,31)18(28)13(7)17(14)27;/h4,7,9,23-24,26-27,29,31H,2-3,5-6H2,1H3,(H2,22,30);1H4/t7-,9+,21+;/m1./s1. The second-order valence-corrected chi connectivity index (χ2v) is 8.10. The summed E-state index contributed by atoms with van der Waals surface area (Å²) in [6.07, 6.45) is -0.103. The molecule has 0 heterocycles. The molecule has 3 atom stereocenters. The van der Waals surface area contributed by atoms with Crippen LogP contribution < -0.4 is 11.1 Å². The number of rotatable bonds is 3. The fraction of sp³-hybridized carbons (Fsp3) is 0.409. The number of phenols is 1. The number of anilines is 1. The number of amides is 1. The molecule has 0 aliphatic heterocycles. The number of benzene rings is 1. The van der Waals surface area contributed by atoms with Gasteiger partial charge in [-0.25, -0.2) is 0 Å². The van der Waals surface area contributed by atoms with Gasteiger partial charge in [0.05, 0.1) is 12.2 Å². The van der Waals surface area contributed by atoms with Crippen LogP contribution in [-0.2, 0) is 27.4 Å². The van der Waals surface area contributed by atoms with Crippen LogP contribution in [0.5, 0.6) is 5.75 Å². The molecule has 0 spiro atoms. The Labute approximate surface area is 183 Å². The third-order valence-electron chi connectivity index (χ3n) is 6.58. The van der Waals surface area contributed by atoms with E-state index in [1.807, 2.05) is 0 Å². The van der Waals surface area contributed by atoms with Gasteiger partial charge in [0.25, 0.3) is 5.91 Å². The van der Waals surface area contributed by atoms with Gasteiger partial charge in [0.2, 0.25) is 5.78 Å². The van der Waals surface area contributed by atoms with Gasteiger partial charge in [0.15, 0.2) is 11.4 Å². The van der Waals surface area contributed by atoms with Crippen LogP contribution in [-0.4, -0.2) is 55.7 Å². The fourth-order valence-corrected chi connectivity index (χ4v) is 5.09. The molecule has 4 rings (SSSR count). The largest absolute Gasteiger partial charge is 0.508 e. The maximum atomic E-state index is 13.4. The highest BCUT2D eigenvalue weighted by molar-refractivity contribution is 6.22. The quantitative estimate of drug-likeness (QED) is 0.257. The van der Waals surface area contributed by atoms with Gasteiger partial charge in [-0.15, -0.1) is 0 Å². The van der Waals surface area contributed by atoms with Crippen LogP contribution in [0.25, 0.3) is 5.76 Å². The van der Waals surface area contributed by atoms with E-state index in [9.17, 15) is 39.9 Å². The SMILES string of the molecule is C.CNc1cc(CO)c(O)c2c1C[C@H]1C[C@H]3CC(=O)C(C(N)=O)=C(O)[C@@]3(O)C(=O)C1=C2O. The van der Waals surface area contributed by atoms with E-state index in [-0.39, 0.29) is 43.4 Å². The first-order chi connectivity index (χ1) is 14.6. The molecule has 0 aromatic heterocycles. The lowest BCUT2D eigenvalue weighted by atomic mass is 9.59. The molecule has 0 radical (unpaired) electrons. The summed E-state index contributed by atoms with van der Waals surface area (Å²) in [5.74, 6) is -6.80. The minimum absolute atomic E-state index is 0. The lowest BCUT2D eigenvalue weighted by Crippen LogP contribution is -2.58. The molecule has 3 aliphatic carbocycles. The fourth-order valence-electron chi connectivity index (χ4n) is 5.09. The number of nitrogens with one attached hydrogen (secondary N) is 1. The van der Waals surface area contributed by atoms with Crippen molar-refractivity contribution in [1.82, 2.24) is 0 Å². The molecule has 1 amide bonds. The average molecular weight is 446 g/mol. The van der Waals surface area contributed by atoms with Gasteiger partial charge in [0.1, 0.15) is 22.8 Å². The van der Waals surface area contributed by atoms with Crippen molar-refractivity contribution in [2.24, 2.45) is 17.6 Å². The zero-order valence-electron chi connectivity index (χ0n) is 16.6. The summed E-state index contributed by atoms with van der Waals surface area (Å²) < 4.78 is 0. The normalized spacial score (nSPS) is 26.7. The number of Topliss-reactive ketones (excluding diaryl/α,β-unsaturated/α-hetero) is 2. The molecular formula is C22H26N2O8. The summed E-state index contributed by atoms with van der Waals surface area (Å²) in [4.78, 5) is 37.3. The smallest absolute Gasteiger partial charge is 0.255 e. The van der Waals surface area contributed by atoms with Crippen LogP contribution in [0.3, 0.4) is 0 Å². The van der Waals surface area contributed by atoms with Gasteiger partial charge in [-0.05, 0) is 30.4 Å². The summed E-state index contributed by atoms with van der Waals surface area (Å²) in [6.45, 7) is -0.520. The second kappa shape index (κ2) is 7.64. The van der Waals surface area contributed by atoms with Crippen LogP contribution in [0.4, 0.5) is 5.69 Å². The summed E-state index contributed by atoms with van der Waals surface area (Å²) in [6, 6.07) is 1.53. The van der Waals surface area contributed by atoms with E-state index in [0.29, 0.717) is 11.3 Å². The number of fused-ring (bicyclic) bond motifs is 3. The van der Waals surface area contributed by atoms with E-state index in [0.717, 1.165) is 0 Å². The maximum Gasteiger partial charge on any atom is 0.255 e. The number of aliphatic hydroxyl groups excluding tert-OH is 3. The predicted octanol–water partition coefficient (Wildman–Crippen LogP) is 0.594. The van der Waals surface area contributed by atoms with Crippen molar-refractivity contribution in [3.63, 3.8) is 0 Å². The summed E-state index contributed by atoms with van der Waals surface area (Å²) >= 11 is 0. The van der Waals surface area contributed by atoms with Crippen molar-refractivity contribution in [2.45, 2.75) is 38.9 Å². The first-order valence-electron chi connectivity index (χ1n) is 9.71. The Morgan fingerprint density at radius 1 is 1.25 bits per heavy atom. The Hall–Kier alpha value is -3.37. The van der Waals surface area contributed by atoms with Crippen LogP contribution in [0.1, 0.15) is 37.0 Å². The van der Waals surface area contributed by atoms with E-state index >= 15 is 0 Å². The third-order valence-corrected chi connectivity index (χ3v) is 6.58. The lowest BCUT2D eigenvalue weighted by molar-refractivity contribution is -0.147. The average Bonchev–Trinajstić information content (AvgIpc) is 2.70. The Morgan fingerprint density at radius 2 is 1.91 bits per heavy atom. The molecule has 1 fully saturated rings. The van der Waals surface area contributed by atoms with Crippen LogP contribution in [0.2, 0.25) is 0 Å². The summed E-state index contributed by atoms with van der Waals surface area (Å²) in [7, 11) is 1.63. The van der Waals surface area contributed by atoms with Crippen molar-refractivity contribution < 1.29 is 39.9 Å². The molecule has 8 N–H and O–H groups in total. The zero-order chi connectivity index (χ0) is 22.8. The molecule has 10 nitrogen and oxygen atoms in total. The zero-order valence-corrected chi connectivity index (χ0v) is 16.6. The van der Waals surface area contributed by atoms with Crippen molar-refractivity contribution in [3.8, 4) is 5.75 Å². The van der Waals surface area contributed by atoms with Crippen molar-refractivity contribution in [3.05, 3.63) is 39.7 Å². The van der Waals surface area contributed by atoms with E-state index in [1.54, 1.807) is 7.05 Å². The van der Waals surface area contributed by atoms with Gasteiger partial charge in [-0.1, -0.05) is 7.43 Å². The highest BCUT2D eigenvalue weighted by Gasteiger charge is 2.60. The van der Waals surface area contributed by atoms with E-state index in [1.165, 1.54) is 6.07 Å². The van der Waals surface area contributed by atoms with E-state index < -0.39 is 64.4 Å². The number of primary amides is 1. The van der Waals surface area contributed by atoms with Gasteiger partial charge in [0, 0.05) is 36.2 Å². The Kier molecular flexibility index (Phi) is 5.56. The van der Waals surface area contributed by atoms with Crippen molar-refractivity contribution in [1.29, 1.82) is 0 Å². The highest BCUT2D eigenvalue weighted by atomic mass is 16.3. The van der Waals surface area contributed by atoms with Crippen LogP contribution >= 0.6 is 0 Å². The molecule has 10 heteroatoms. The Morgan fingerprint density at radius 3 is 2.47 bits per heavy atom. The number of aliphatic hydroxyl groups is 4. The number of hydrogen-bond donors (Lipinski definition) is 7. The van der Waals surface area contributed by atoms with Gasteiger partial charge in [-0.2, -0.15) is 0 Å². The maximum absolute atomic E-state index is 13.4. The Bertz CT molecular complexity index is 1120. The summed E-state index contributed by atoms with van der Waals surface area (Å²) in [5.41, 5.74) is 2.64. The molecule has 0 bridgehead atoms. The molecule has 1 saturated carbocycles. The first kappa shape index (κ1) is 23.3. The topological polar surface area (TPSA) is 190 Å². The lowest BCUT2D eigenvalue weighted by Gasteiger charge is -2.46. The minimum Gasteiger partial charge on any atom is -0.508 e. The molecule has 0 unspecified atom stereocenters. The minimum atomic E-state index is -2.59. The molecule has 32 heavy (non-hydrogen) atoms. The predicted molar refractivity (Wildman–Crippen MR) is 114 cm³/mol. The van der Waals surface area contributed by atoms with E-state index in [2.05, 4.69) is 5.32 Å². The van der Waals surface area contributed by atoms with Crippen molar-refractivity contribution >= 4 is 28.9 Å². The number of nitrogens with two attached hydrogens (primary N) is 1. The van der Waals surface area contributed by atoms with Gasteiger partial charge >= 0.3 is 0 Å². The van der Waals surface area contributed by atoms with E-state index in [4.69, 9.17) is 5.73 Å². The number of carbonyl (C=O) groups is 3. The third kappa shape index (κ3) is 2.83. The molecular weight excluding hydrogens is 420 g/mol. The van der Waals surface area contributed by atoms with Crippen LogP contribution in [0, 0.1) is 11.8 Å². The molecule has 3 aliphatic rings. The number of carbonyl (C=O) groups excluding carboxylic acids is 3. The second-order valence-electron chi connectivity index (χ2n) is 8.10.